The lowest BCUT2D eigenvalue weighted by Gasteiger charge is -2.43. The zero-order valence-corrected chi connectivity index (χ0v) is 23.8. The number of hydrogen-bond acceptors (Lipinski definition) is 7. The summed E-state index contributed by atoms with van der Waals surface area (Å²) in [4.78, 5) is 21.2. The van der Waals surface area contributed by atoms with Gasteiger partial charge in [-0.1, -0.05) is 31.2 Å². The van der Waals surface area contributed by atoms with E-state index in [1.807, 2.05) is 55.5 Å². The predicted octanol–water partition coefficient (Wildman–Crippen LogP) is 3.75. The average Bonchev–Trinajstić information content (AvgIpc) is 3.60. The van der Waals surface area contributed by atoms with Crippen molar-refractivity contribution >= 4 is 27.8 Å². The van der Waals surface area contributed by atoms with E-state index in [1.54, 1.807) is 6.26 Å². The molecule has 9 heteroatoms. The number of fused-ring (bicyclic) bond motifs is 2. The first-order valence-corrected chi connectivity index (χ1v) is 14.7. The number of carbonyl (C=O) groups excluding carboxylic acids is 1. The van der Waals surface area contributed by atoms with Crippen LogP contribution in [0.2, 0.25) is 0 Å². The molecule has 4 heterocycles. The molecule has 1 amide bonds. The molecular weight excluding hydrogens is 520 g/mol. The van der Waals surface area contributed by atoms with E-state index in [0.717, 1.165) is 72.2 Å². The number of aromatic nitrogens is 1. The maximum Gasteiger partial charge on any atom is 0.267 e. The highest BCUT2D eigenvalue weighted by atomic mass is 16.5. The molecule has 6 rings (SSSR count). The zero-order chi connectivity index (χ0) is 28.5. The number of likely N-dealkylation sites (tertiary alicyclic amines) is 2. The number of carbonyl (C=O) groups is 1. The summed E-state index contributed by atoms with van der Waals surface area (Å²) >= 11 is 0. The van der Waals surface area contributed by atoms with Crippen molar-refractivity contribution in [3.8, 4) is 5.75 Å². The largest absolute Gasteiger partial charge is 0.488 e. The van der Waals surface area contributed by atoms with Crippen molar-refractivity contribution in [2.45, 2.75) is 57.6 Å². The van der Waals surface area contributed by atoms with E-state index in [1.165, 1.54) is 0 Å². The van der Waals surface area contributed by atoms with E-state index in [-0.39, 0.29) is 17.9 Å². The molecule has 0 spiro atoms. The number of rotatable bonds is 8. The molecular formula is C32H40N4O5. The number of ether oxygens (including phenoxy) is 1. The zero-order valence-electron chi connectivity index (χ0n) is 23.8. The molecule has 2 aromatic carbocycles. The lowest BCUT2D eigenvalue weighted by molar-refractivity contribution is -0.0799. The maximum atomic E-state index is 13.2. The van der Waals surface area contributed by atoms with Crippen LogP contribution in [0.3, 0.4) is 0 Å². The first-order chi connectivity index (χ1) is 19.9. The molecule has 2 saturated heterocycles. The van der Waals surface area contributed by atoms with Crippen LogP contribution in [0.15, 0.2) is 59.2 Å². The van der Waals surface area contributed by atoms with Crippen molar-refractivity contribution in [3.05, 3.63) is 66.1 Å². The topological polar surface area (TPSA) is 114 Å². The molecule has 4 aromatic rings. The fourth-order valence-corrected chi connectivity index (χ4v) is 6.33. The summed E-state index contributed by atoms with van der Waals surface area (Å²) in [5, 5.41) is 25.4. The third-order valence-corrected chi connectivity index (χ3v) is 8.80. The summed E-state index contributed by atoms with van der Waals surface area (Å²) in [6, 6.07) is 16.0. The SMILES string of the molecule is CC1CN(C(C)CN2CCC(NC(=O)c3cc4c(OCc5coc6ccccc56)cccc4[nH]3)CC2)CC(O)C1O. The monoisotopic (exact) mass is 560 g/mol. The van der Waals surface area contributed by atoms with E-state index >= 15 is 0 Å². The Morgan fingerprint density at radius 1 is 1.12 bits per heavy atom. The van der Waals surface area contributed by atoms with Crippen LogP contribution in [-0.4, -0.2) is 87.9 Å². The van der Waals surface area contributed by atoms with E-state index in [0.29, 0.717) is 24.9 Å². The number of nitrogens with zero attached hydrogens (tertiary/aromatic N) is 2. The quantitative estimate of drug-likeness (QED) is 0.260. The molecule has 2 aliphatic rings. The number of amides is 1. The fourth-order valence-electron chi connectivity index (χ4n) is 6.33. The highest BCUT2D eigenvalue weighted by molar-refractivity contribution is 5.99. The van der Waals surface area contributed by atoms with Gasteiger partial charge in [-0.15, -0.1) is 0 Å². The Morgan fingerprint density at radius 2 is 1.93 bits per heavy atom. The van der Waals surface area contributed by atoms with Crippen molar-refractivity contribution in [3.63, 3.8) is 0 Å². The number of furan rings is 1. The van der Waals surface area contributed by atoms with Crippen LogP contribution in [0.4, 0.5) is 0 Å². The molecule has 0 aliphatic carbocycles. The van der Waals surface area contributed by atoms with Gasteiger partial charge >= 0.3 is 0 Å². The number of piperidine rings is 2. The summed E-state index contributed by atoms with van der Waals surface area (Å²) in [7, 11) is 0. The van der Waals surface area contributed by atoms with Gasteiger partial charge < -0.3 is 34.6 Å². The van der Waals surface area contributed by atoms with Crippen LogP contribution in [0.5, 0.6) is 5.75 Å². The molecule has 9 nitrogen and oxygen atoms in total. The van der Waals surface area contributed by atoms with Crippen molar-refractivity contribution in [2.24, 2.45) is 5.92 Å². The molecule has 0 bridgehead atoms. The number of para-hydroxylation sites is 1. The van der Waals surface area contributed by atoms with Crippen molar-refractivity contribution < 1.29 is 24.2 Å². The lowest BCUT2D eigenvalue weighted by Crippen LogP contribution is -2.56. The molecule has 0 saturated carbocycles. The van der Waals surface area contributed by atoms with E-state index in [2.05, 4.69) is 27.0 Å². The van der Waals surface area contributed by atoms with Crippen molar-refractivity contribution in [1.29, 1.82) is 0 Å². The fraction of sp³-hybridized carbons (Fsp3) is 0.469. The second kappa shape index (κ2) is 11.9. The minimum Gasteiger partial charge on any atom is -0.488 e. The van der Waals surface area contributed by atoms with Gasteiger partial charge in [0.1, 0.15) is 23.6 Å². The molecule has 0 radical (unpaired) electrons. The molecule has 218 valence electrons. The van der Waals surface area contributed by atoms with Crippen LogP contribution in [0, 0.1) is 5.92 Å². The number of nitrogens with one attached hydrogen (secondary N) is 2. The molecule has 4 N–H and O–H groups in total. The molecule has 2 aromatic heterocycles. The Morgan fingerprint density at radius 3 is 2.73 bits per heavy atom. The minimum atomic E-state index is -0.689. The summed E-state index contributed by atoms with van der Waals surface area (Å²) in [6.45, 7) is 8.60. The number of aliphatic hydroxyl groups is 2. The second-order valence-electron chi connectivity index (χ2n) is 11.8. The van der Waals surface area contributed by atoms with Crippen molar-refractivity contribution in [2.75, 3.05) is 32.7 Å². The minimum absolute atomic E-state index is 0.0613. The van der Waals surface area contributed by atoms with Gasteiger partial charge in [-0.05, 0) is 49.9 Å². The van der Waals surface area contributed by atoms with Gasteiger partial charge in [0.25, 0.3) is 5.91 Å². The number of β-amino-alcohol motifs (C(OH)–C–C–N with tert-alkyl or cyclic N) is 1. The lowest BCUT2D eigenvalue weighted by atomic mass is 9.93. The number of benzene rings is 2. The summed E-state index contributed by atoms with van der Waals surface area (Å²) < 4.78 is 11.8. The second-order valence-corrected chi connectivity index (χ2v) is 11.8. The van der Waals surface area contributed by atoms with Gasteiger partial charge in [0.15, 0.2) is 0 Å². The maximum absolute atomic E-state index is 13.2. The van der Waals surface area contributed by atoms with E-state index in [9.17, 15) is 15.0 Å². The van der Waals surface area contributed by atoms with Crippen molar-refractivity contribution in [1.82, 2.24) is 20.1 Å². The highest BCUT2D eigenvalue weighted by Gasteiger charge is 2.34. The van der Waals surface area contributed by atoms with Gasteiger partial charge in [0, 0.05) is 66.7 Å². The third kappa shape index (κ3) is 5.99. The number of aromatic amines is 1. The molecule has 2 fully saturated rings. The van der Waals surface area contributed by atoms with Crippen LogP contribution in [0.1, 0.15) is 42.7 Å². The molecule has 2 aliphatic heterocycles. The number of hydrogen-bond donors (Lipinski definition) is 4. The van der Waals surface area contributed by atoms with Crippen LogP contribution >= 0.6 is 0 Å². The Hall–Kier alpha value is -3.37. The van der Waals surface area contributed by atoms with Gasteiger partial charge in [0.05, 0.1) is 18.5 Å². The Kier molecular flexibility index (Phi) is 8.03. The van der Waals surface area contributed by atoms with Gasteiger partial charge in [-0.3, -0.25) is 9.69 Å². The molecule has 41 heavy (non-hydrogen) atoms. The smallest absolute Gasteiger partial charge is 0.267 e. The first-order valence-electron chi connectivity index (χ1n) is 14.7. The molecule has 4 unspecified atom stereocenters. The molecule has 4 atom stereocenters. The Bertz CT molecular complexity index is 1480. The normalized spacial score (nSPS) is 23.7. The van der Waals surface area contributed by atoms with E-state index in [4.69, 9.17) is 9.15 Å². The number of H-pyrrole nitrogens is 1. The third-order valence-electron chi connectivity index (χ3n) is 8.80. The first kappa shape index (κ1) is 27.8. The standard InChI is InChI=1S/C32H40N4O5/c1-20-15-36(17-28(37)31(20)38)21(2)16-35-12-10-23(11-13-35)33-32(39)27-14-25-26(34-27)7-5-9-30(25)41-19-22-18-40-29-8-4-3-6-24(22)29/h3-9,14,18,20-21,23,28,31,34,37-38H,10-13,15-17,19H2,1-2H3,(H,33,39). The summed E-state index contributed by atoms with van der Waals surface area (Å²) in [6.07, 6.45) is 2.19. The van der Waals surface area contributed by atoms with Gasteiger partial charge in [-0.2, -0.15) is 0 Å². The average molecular weight is 561 g/mol. The van der Waals surface area contributed by atoms with Gasteiger partial charge in [0.2, 0.25) is 0 Å². The van der Waals surface area contributed by atoms with Crippen LogP contribution in [-0.2, 0) is 6.61 Å². The van der Waals surface area contributed by atoms with E-state index < -0.39 is 12.2 Å². The highest BCUT2D eigenvalue weighted by Crippen LogP contribution is 2.29. The number of aliphatic hydroxyl groups excluding tert-OH is 2. The predicted molar refractivity (Wildman–Crippen MR) is 158 cm³/mol. The Balaban J connectivity index is 1.02. The summed E-state index contributed by atoms with van der Waals surface area (Å²) in [5.41, 5.74) is 3.20. The summed E-state index contributed by atoms with van der Waals surface area (Å²) in [5.74, 6) is 0.677. The Labute approximate surface area is 240 Å². The van der Waals surface area contributed by atoms with Gasteiger partial charge in [-0.25, -0.2) is 0 Å². The van der Waals surface area contributed by atoms with Crippen LogP contribution in [0.25, 0.3) is 21.9 Å². The van der Waals surface area contributed by atoms with Crippen LogP contribution < -0.4 is 10.1 Å².